The third-order valence-corrected chi connectivity index (χ3v) is 4.03. The Balaban J connectivity index is 1.58. The number of furan rings is 1. The molecule has 1 aromatic heterocycles. The number of nitrogens with one attached hydrogen (secondary N) is 1. The molecule has 3 nitrogen and oxygen atoms in total. The van der Waals surface area contributed by atoms with E-state index in [0.717, 1.165) is 41.5 Å². The normalized spacial score (nSPS) is 15.6. The molecule has 0 unspecified atom stereocenters. The Bertz CT molecular complexity index is 543. The summed E-state index contributed by atoms with van der Waals surface area (Å²) in [5, 5.41) is 4.57. The molecule has 19 heavy (non-hydrogen) atoms. The Hall–Kier alpha value is -1.48. The zero-order valence-corrected chi connectivity index (χ0v) is 11.4. The summed E-state index contributed by atoms with van der Waals surface area (Å²) in [4.78, 5) is 0. The van der Waals surface area contributed by atoms with Crippen LogP contribution in [0, 0.1) is 5.92 Å². The maximum atomic E-state index is 5.85. The third-order valence-electron chi connectivity index (χ3n) is 4.03. The average molecular weight is 259 g/mol. The molecular formula is C16H21NO2. The summed E-state index contributed by atoms with van der Waals surface area (Å²) in [5.41, 5.74) is 0.848. The number of hydrogen-bond acceptors (Lipinski definition) is 3. The molecule has 0 saturated heterocycles. The lowest BCUT2D eigenvalue weighted by Crippen LogP contribution is -2.20. The second-order valence-corrected chi connectivity index (χ2v) is 5.35. The number of hydrogen-bond donors (Lipinski definition) is 1. The van der Waals surface area contributed by atoms with Gasteiger partial charge in [0.25, 0.3) is 0 Å². The quantitative estimate of drug-likeness (QED) is 0.803. The van der Waals surface area contributed by atoms with E-state index < -0.39 is 0 Å². The minimum Gasteiger partial charge on any atom is -0.493 e. The molecule has 3 rings (SSSR count). The van der Waals surface area contributed by atoms with E-state index >= 15 is 0 Å². The fraction of sp³-hybridized carbons (Fsp3) is 0.500. The summed E-state index contributed by atoms with van der Waals surface area (Å²) in [6.45, 7) is 1.88. The van der Waals surface area contributed by atoms with Gasteiger partial charge in [0.1, 0.15) is 5.76 Å². The van der Waals surface area contributed by atoms with Crippen LogP contribution in [0.3, 0.4) is 0 Å². The van der Waals surface area contributed by atoms with Crippen LogP contribution in [0.2, 0.25) is 0 Å². The highest BCUT2D eigenvalue weighted by atomic mass is 16.5. The molecule has 1 aromatic carbocycles. The van der Waals surface area contributed by atoms with Gasteiger partial charge in [-0.05, 0) is 31.0 Å². The summed E-state index contributed by atoms with van der Waals surface area (Å²) < 4.78 is 11.2. The first-order chi connectivity index (χ1) is 9.36. The number of benzene rings is 1. The van der Waals surface area contributed by atoms with Crippen molar-refractivity contribution >= 4 is 11.0 Å². The first kappa shape index (κ1) is 12.5. The molecule has 1 saturated carbocycles. The summed E-state index contributed by atoms with van der Waals surface area (Å²) in [7, 11) is 1.67. The van der Waals surface area contributed by atoms with Crippen molar-refractivity contribution in [1.29, 1.82) is 0 Å². The molecule has 0 spiro atoms. The maximum absolute atomic E-state index is 5.85. The monoisotopic (exact) mass is 259 g/mol. The van der Waals surface area contributed by atoms with E-state index in [1.807, 2.05) is 12.1 Å². The van der Waals surface area contributed by atoms with E-state index in [2.05, 4.69) is 17.4 Å². The third kappa shape index (κ3) is 2.76. The molecule has 3 heteroatoms. The maximum Gasteiger partial charge on any atom is 0.176 e. The average Bonchev–Trinajstić information content (AvgIpc) is 2.78. The van der Waals surface area contributed by atoms with E-state index in [-0.39, 0.29) is 0 Å². The van der Waals surface area contributed by atoms with Crippen molar-refractivity contribution in [3.63, 3.8) is 0 Å². The zero-order chi connectivity index (χ0) is 13.1. The van der Waals surface area contributed by atoms with Gasteiger partial charge in [0.2, 0.25) is 0 Å². The van der Waals surface area contributed by atoms with Crippen molar-refractivity contribution in [1.82, 2.24) is 5.32 Å². The van der Waals surface area contributed by atoms with Gasteiger partial charge in [0.05, 0.1) is 13.7 Å². The molecule has 1 aliphatic rings. The summed E-state index contributed by atoms with van der Waals surface area (Å²) in [5.74, 6) is 2.74. The second kappa shape index (κ2) is 5.66. The van der Waals surface area contributed by atoms with Crippen LogP contribution in [0.15, 0.2) is 28.7 Å². The first-order valence-corrected chi connectivity index (χ1v) is 7.13. The summed E-state index contributed by atoms with van der Waals surface area (Å²) in [6.07, 6.45) is 5.56. The van der Waals surface area contributed by atoms with Crippen molar-refractivity contribution in [3.05, 3.63) is 30.0 Å². The zero-order valence-electron chi connectivity index (χ0n) is 11.4. The lowest BCUT2D eigenvalue weighted by atomic mass is 9.83. The predicted octanol–water partition coefficient (Wildman–Crippen LogP) is 3.72. The highest BCUT2D eigenvalue weighted by molar-refractivity contribution is 5.83. The van der Waals surface area contributed by atoms with Crippen molar-refractivity contribution < 1.29 is 9.15 Å². The molecule has 0 radical (unpaired) electrons. The molecular weight excluding hydrogens is 238 g/mol. The van der Waals surface area contributed by atoms with Crippen LogP contribution in [0.25, 0.3) is 11.0 Å². The molecule has 1 N–H and O–H groups in total. The van der Waals surface area contributed by atoms with Crippen LogP contribution in [0.5, 0.6) is 5.75 Å². The van der Waals surface area contributed by atoms with Gasteiger partial charge in [-0.15, -0.1) is 0 Å². The Kier molecular flexibility index (Phi) is 3.74. The van der Waals surface area contributed by atoms with E-state index in [1.54, 1.807) is 7.11 Å². The molecule has 1 heterocycles. The van der Waals surface area contributed by atoms with Crippen LogP contribution in [0.4, 0.5) is 0 Å². The van der Waals surface area contributed by atoms with Gasteiger partial charge in [0.15, 0.2) is 11.3 Å². The molecule has 2 aromatic rings. The van der Waals surface area contributed by atoms with Crippen molar-refractivity contribution in [3.8, 4) is 5.75 Å². The topological polar surface area (TPSA) is 34.4 Å². The van der Waals surface area contributed by atoms with Gasteiger partial charge in [-0.1, -0.05) is 31.4 Å². The van der Waals surface area contributed by atoms with Crippen LogP contribution in [0.1, 0.15) is 31.4 Å². The Morgan fingerprint density at radius 3 is 3.00 bits per heavy atom. The Morgan fingerprint density at radius 2 is 2.26 bits per heavy atom. The molecule has 0 bridgehead atoms. The largest absolute Gasteiger partial charge is 0.493 e. The molecule has 1 fully saturated rings. The molecule has 102 valence electrons. The Labute approximate surface area is 113 Å². The number of ether oxygens (including phenoxy) is 1. The highest BCUT2D eigenvalue weighted by Gasteiger charge is 2.16. The lowest BCUT2D eigenvalue weighted by molar-refractivity contribution is 0.291. The van der Waals surface area contributed by atoms with Gasteiger partial charge in [-0.25, -0.2) is 0 Å². The number of methoxy groups -OCH3 is 1. The standard InChI is InChI=1S/C16H21NO2/c1-18-15-7-3-6-13-10-14(19-16(13)15)11-17-9-8-12-4-2-5-12/h3,6-7,10,12,17H,2,4-5,8-9,11H2,1H3. The minimum atomic E-state index is 0.796. The van der Waals surface area contributed by atoms with Crippen molar-refractivity contribution in [2.75, 3.05) is 13.7 Å². The van der Waals surface area contributed by atoms with Crippen molar-refractivity contribution in [2.45, 2.75) is 32.2 Å². The second-order valence-electron chi connectivity index (χ2n) is 5.35. The molecule has 0 amide bonds. The smallest absolute Gasteiger partial charge is 0.176 e. The molecule has 0 aliphatic heterocycles. The lowest BCUT2D eigenvalue weighted by Gasteiger charge is -2.25. The highest BCUT2D eigenvalue weighted by Crippen LogP contribution is 2.29. The van der Waals surface area contributed by atoms with Crippen LogP contribution < -0.4 is 10.1 Å². The van der Waals surface area contributed by atoms with Gasteiger partial charge in [0, 0.05) is 5.39 Å². The SMILES string of the molecule is COc1cccc2cc(CNCCC3CCC3)oc12. The summed E-state index contributed by atoms with van der Waals surface area (Å²) >= 11 is 0. The molecule has 0 atom stereocenters. The van der Waals surface area contributed by atoms with Gasteiger partial charge in [-0.3, -0.25) is 0 Å². The van der Waals surface area contributed by atoms with Crippen molar-refractivity contribution in [2.24, 2.45) is 5.92 Å². The van der Waals surface area contributed by atoms with Gasteiger partial charge < -0.3 is 14.5 Å². The van der Waals surface area contributed by atoms with Crippen LogP contribution in [-0.2, 0) is 6.54 Å². The fourth-order valence-electron chi connectivity index (χ4n) is 2.64. The predicted molar refractivity (Wildman–Crippen MR) is 76.4 cm³/mol. The van der Waals surface area contributed by atoms with E-state index in [1.165, 1.54) is 25.7 Å². The Morgan fingerprint density at radius 1 is 1.37 bits per heavy atom. The van der Waals surface area contributed by atoms with E-state index in [0.29, 0.717) is 0 Å². The van der Waals surface area contributed by atoms with Gasteiger partial charge >= 0.3 is 0 Å². The van der Waals surface area contributed by atoms with Crippen LogP contribution >= 0.6 is 0 Å². The number of fused-ring (bicyclic) bond motifs is 1. The van der Waals surface area contributed by atoms with E-state index in [9.17, 15) is 0 Å². The minimum absolute atomic E-state index is 0.796. The van der Waals surface area contributed by atoms with E-state index in [4.69, 9.17) is 9.15 Å². The molecule has 1 aliphatic carbocycles. The first-order valence-electron chi connectivity index (χ1n) is 7.13. The fourth-order valence-corrected chi connectivity index (χ4v) is 2.64. The number of rotatable bonds is 6. The number of para-hydroxylation sites is 1. The summed E-state index contributed by atoms with van der Waals surface area (Å²) in [6, 6.07) is 8.07. The van der Waals surface area contributed by atoms with Gasteiger partial charge in [-0.2, -0.15) is 0 Å². The van der Waals surface area contributed by atoms with Crippen LogP contribution in [-0.4, -0.2) is 13.7 Å².